The summed E-state index contributed by atoms with van der Waals surface area (Å²) in [5, 5.41) is 2.57. The average molecular weight is 528 g/mol. The lowest BCUT2D eigenvalue weighted by atomic mass is 9.50. The van der Waals surface area contributed by atoms with E-state index in [1.807, 2.05) is 54.6 Å². The summed E-state index contributed by atoms with van der Waals surface area (Å²) in [5.74, 6) is 1.11. The van der Waals surface area contributed by atoms with Crippen LogP contribution in [0.4, 0.5) is 0 Å². The second-order valence-corrected chi connectivity index (χ2v) is 10.1. The Balaban J connectivity index is 1.91. The number of ether oxygens (including phenoxy) is 2. The Morgan fingerprint density at radius 1 is 0.618 bits per heavy atom. The summed E-state index contributed by atoms with van der Waals surface area (Å²) in [6.07, 6.45) is 0. The molecule has 34 heavy (non-hydrogen) atoms. The maximum absolute atomic E-state index is 7.02. The normalized spacial score (nSPS) is 19.3. The first-order valence-corrected chi connectivity index (χ1v) is 12.2. The zero-order chi connectivity index (χ0) is 23.8. The van der Waals surface area contributed by atoms with Crippen molar-refractivity contribution in [1.29, 1.82) is 0 Å². The van der Waals surface area contributed by atoms with Crippen LogP contribution in [-0.2, 0) is 5.41 Å². The minimum Gasteiger partial charge on any atom is -0.497 e. The fourth-order valence-corrected chi connectivity index (χ4v) is 7.01. The SMILES string of the molecule is COc1cc(OC)cc(C23c4cccc(Cl)c4C(c4c(Cl)cccc42)c2c(Cl)ccc(Cl)c23)c1. The van der Waals surface area contributed by atoms with Gasteiger partial charge in [0.1, 0.15) is 11.5 Å². The van der Waals surface area contributed by atoms with E-state index in [1.165, 1.54) is 0 Å². The summed E-state index contributed by atoms with van der Waals surface area (Å²) in [6.45, 7) is 0. The van der Waals surface area contributed by atoms with E-state index in [0.717, 1.165) is 38.9 Å². The predicted octanol–water partition coefficient (Wildman–Crippen LogP) is 8.51. The molecule has 0 heterocycles. The fraction of sp³-hybridized carbons (Fsp3) is 0.143. The molecule has 2 bridgehead atoms. The molecular formula is C28H18Cl4O2. The van der Waals surface area contributed by atoms with Gasteiger partial charge in [-0.2, -0.15) is 0 Å². The van der Waals surface area contributed by atoms with E-state index >= 15 is 0 Å². The third-order valence-corrected chi connectivity index (χ3v) is 8.38. The van der Waals surface area contributed by atoms with E-state index in [4.69, 9.17) is 55.9 Å². The van der Waals surface area contributed by atoms with Crippen LogP contribution in [0.3, 0.4) is 0 Å². The predicted molar refractivity (Wildman–Crippen MR) is 139 cm³/mol. The zero-order valence-corrected chi connectivity index (χ0v) is 21.3. The molecule has 0 aliphatic heterocycles. The van der Waals surface area contributed by atoms with Crippen LogP contribution in [0.2, 0.25) is 20.1 Å². The molecule has 4 aromatic carbocycles. The van der Waals surface area contributed by atoms with Crippen LogP contribution in [0, 0.1) is 0 Å². The Morgan fingerprint density at radius 3 is 1.65 bits per heavy atom. The molecule has 0 amide bonds. The number of hydrogen-bond donors (Lipinski definition) is 0. The van der Waals surface area contributed by atoms with Crippen LogP contribution in [0.25, 0.3) is 0 Å². The summed E-state index contributed by atoms with van der Waals surface area (Å²) < 4.78 is 11.3. The monoisotopic (exact) mass is 526 g/mol. The molecule has 0 radical (unpaired) electrons. The Kier molecular flexibility index (Phi) is 5.09. The number of halogens is 4. The van der Waals surface area contributed by atoms with Gasteiger partial charge in [-0.1, -0.05) is 70.7 Å². The Labute approximate surface area is 217 Å². The maximum Gasteiger partial charge on any atom is 0.122 e. The molecule has 170 valence electrons. The lowest BCUT2D eigenvalue weighted by Crippen LogP contribution is -2.44. The fourth-order valence-electron chi connectivity index (χ4n) is 5.87. The largest absolute Gasteiger partial charge is 0.497 e. The van der Waals surface area contributed by atoms with E-state index in [-0.39, 0.29) is 5.92 Å². The Morgan fingerprint density at radius 2 is 1.12 bits per heavy atom. The van der Waals surface area contributed by atoms with Crippen LogP contribution >= 0.6 is 46.4 Å². The van der Waals surface area contributed by atoms with Gasteiger partial charge in [0, 0.05) is 32.1 Å². The van der Waals surface area contributed by atoms with Crippen molar-refractivity contribution in [3.8, 4) is 11.5 Å². The molecule has 0 aromatic heterocycles. The summed E-state index contributed by atoms with van der Waals surface area (Å²) in [7, 11) is 3.28. The molecule has 0 unspecified atom stereocenters. The molecule has 0 saturated heterocycles. The Bertz CT molecular complexity index is 1420. The third-order valence-electron chi connectivity index (χ3n) is 7.08. The van der Waals surface area contributed by atoms with Crippen LogP contribution in [-0.4, -0.2) is 14.2 Å². The summed E-state index contributed by atoms with van der Waals surface area (Å²) in [6, 6.07) is 21.6. The number of methoxy groups -OCH3 is 2. The second-order valence-electron chi connectivity index (χ2n) is 8.50. The minimum absolute atomic E-state index is 0.233. The topological polar surface area (TPSA) is 18.5 Å². The molecular weight excluding hydrogens is 510 g/mol. The van der Waals surface area contributed by atoms with Crippen molar-refractivity contribution in [2.45, 2.75) is 11.3 Å². The molecule has 6 heteroatoms. The number of hydrogen-bond acceptors (Lipinski definition) is 2. The van der Waals surface area contributed by atoms with Crippen LogP contribution in [0.5, 0.6) is 11.5 Å². The maximum atomic E-state index is 7.02. The standard InChI is InChI=1S/C28H18Cl4O2/c1-33-15-11-14(12-16(13-15)34-2)28-17-5-3-7-19(29)23(17)26(24-18(28)6-4-8-20(24)30)25-21(31)9-10-22(32)27(25)28/h3-13,26H,1-2H3. The smallest absolute Gasteiger partial charge is 0.122 e. The molecule has 0 atom stereocenters. The second kappa shape index (κ2) is 7.83. The van der Waals surface area contributed by atoms with Gasteiger partial charge >= 0.3 is 0 Å². The number of rotatable bonds is 3. The highest BCUT2D eigenvalue weighted by Gasteiger charge is 2.56. The van der Waals surface area contributed by atoms with E-state index in [0.29, 0.717) is 31.6 Å². The van der Waals surface area contributed by atoms with Crippen molar-refractivity contribution < 1.29 is 9.47 Å². The lowest BCUT2D eigenvalue weighted by molar-refractivity contribution is 0.392. The van der Waals surface area contributed by atoms with Gasteiger partial charge in [-0.05, 0) is 75.3 Å². The van der Waals surface area contributed by atoms with Crippen molar-refractivity contribution >= 4 is 46.4 Å². The summed E-state index contributed by atoms with van der Waals surface area (Å²) in [5.41, 5.74) is 6.04. The van der Waals surface area contributed by atoms with Gasteiger partial charge < -0.3 is 9.47 Å². The number of benzene rings is 4. The first kappa shape index (κ1) is 22.1. The van der Waals surface area contributed by atoms with Gasteiger partial charge in [-0.15, -0.1) is 0 Å². The molecule has 0 spiro atoms. The lowest BCUT2D eigenvalue weighted by Gasteiger charge is -2.52. The van der Waals surface area contributed by atoms with Crippen molar-refractivity contribution in [3.05, 3.63) is 126 Å². The van der Waals surface area contributed by atoms with E-state index in [1.54, 1.807) is 14.2 Å². The van der Waals surface area contributed by atoms with E-state index in [2.05, 4.69) is 12.1 Å². The van der Waals surface area contributed by atoms with Gasteiger partial charge in [0.15, 0.2) is 0 Å². The van der Waals surface area contributed by atoms with Crippen molar-refractivity contribution in [1.82, 2.24) is 0 Å². The Hall–Kier alpha value is -2.36. The van der Waals surface area contributed by atoms with Crippen LogP contribution < -0.4 is 9.47 Å². The molecule has 0 N–H and O–H groups in total. The minimum atomic E-state index is -0.825. The van der Waals surface area contributed by atoms with E-state index < -0.39 is 5.41 Å². The van der Waals surface area contributed by atoms with Crippen molar-refractivity contribution in [2.75, 3.05) is 14.2 Å². The van der Waals surface area contributed by atoms with Crippen LogP contribution in [0.1, 0.15) is 44.9 Å². The molecule has 3 aliphatic rings. The molecule has 7 rings (SSSR count). The molecule has 2 nitrogen and oxygen atoms in total. The quantitative estimate of drug-likeness (QED) is 0.229. The highest BCUT2D eigenvalue weighted by Crippen LogP contribution is 2.66. The van der Waals surface area contributed by atoms with Crippen molar-refractivity contribution in [2.24, 2.45) is 0 Å². The van der Waals surface area contributed by atoms with Gasteiger partial charge in [0.2, 0.25) is 0 Å². The highest BCUT2D eigenvalue weighted by atomic mass is 35.5. The van der Waals surface area contributed by atoms with E-state index in [9.17, 15) is 0 Å². The molecule has 4 aromatic rings. The molecule has 0 saturated carbocycles. The zero-order valence-electron chi connectivity index (χ0n) is 18.3. The highest BCUT2D eigenvalue weighted by molar-refractivity contribution is 6.36. The molecule has 0 fully saturated rings. The van der Waals surface area contributed by atoms with Crippen LogP contribution in [0.15, 0.2) is 66.7 Å². The van der Waals surface area contributed by atoms with Gasteiger partial charge in [-0.3, -0.25) is 0 Å². The van der Waals surface area contributed by atoms with Gasteiger partial charge in [0.05, 0.1) is 19.6 Å². The van der Waals surface area contributed by atoms with Gasteiger partial charge in [-0.25, -0.2) is 0 Å². The average Bonchev–Trinajstić information content (AvgIpc) is 2.85. The summed E-state index contributed by atoms with van der Waals surface area (Å²) in [4.78, 5) is 0. The first-order valence-electron chi connectivity index (χ1n) is 10.7. The molecule has 3 aliphatic carbocycles. The van der Waals surface area contributed by atoms with Gasteiger partial charge in [0.25, 0.3) is 0 Å². The van der Waals surface area contributed by atoms with Crippen molar-refractivity contribution in [3.63, 3.8) is 0 Å². The third kappa shape index (κ3) is 2.71. The first-order chi connectivity index (χ1) is 16.4. The summed E-state index contributed by atoms with van der Waals surface area (Å²) >= 11 is 27.8.